The van der Waals surface area contributed by atoms with Gasteiger partial charge in [0.1, 0.15) is 0 Å². The van der Waals surface area contributed by atoms with E-state index in [1.54, 1.807) is 0 Å². The summed E-state index contributed by atoms with van der Waals surface area (Å²) in [7, 11) is 0. The second kappa shape index (κ2) is 4.75. The average molecular weight is 200 g/mol. The molecular weight excluding hydrogens is 184 g/mol. The summed E-state index contributed by atoms with van der Waals surface area (Å²) in [5, 5.41) is 3.44. The number of rotatable bonds is 1. The summed E-state index contributed by atoms with van der Waals surface area (Å²) in [5.74, 6) is 6.09. The van der Waals surface area contributed by atoms with Crippen molar-refractivity contribution in [3.05, 3.63) is 24.3 Å². The molecule has 1 aromatic carbocycles. The van der Waals surface area contributed by atoms with E-state index >= 15 is 0 Å². The van der Waals surface area contributed by atoms with Crippen LogP contribution in [0.25, 0.3) is 0 Å². The van der Waals surface area contributed by atoms with E-state index in [1.807, 2.05) is 6.92 Å². The van der Waals surface area contributed by atoms with Crippen LogP contribution in [-0.2, 0) is 0 Å². The van der Waals surface area contributed by atoms with Crippen LogP contribution in [0, 0.1) is 11.8 Å². The van der Waals surface area contributed by atoms with Gasteiger partial charge in [-0.2, -0.15) is 0 Å². The Hall–Kier alpha value is -1.62. The summed E-state index contributed by atoms with van der Waals surface area (Å²) in [5.41, 5.74) is 2.51. The minimum absolute atomic E-state index is 0.829. The van der Waals surface area contributed by atoms with Crippen molar-refractivity contribution in [3.8, 4) is 11.8 Å². The van der Waals surface area contributed by atoms with Gasteiger partial charge in [-0.15, -0.1) is 5.92 Å². The van der Waals surface area contributed by atoms with Crippen molar-refractivity contribution < 1.29 is 0 Å². The molecule has 0 saturated heterocycles. The Bertz CT molecular complexity index is 387. The van der Waals surface area contributed by atoms with Crippen LogP contribution in [0.2, 0.25) is 0 Å². The Balaban J connectivity index is 2.27. The number of para-hydroxylation sites is 2. The van der Waals surface area contributed by atoms with Crippen LogP contribution in [0.3, 0.4) is 0 Å². The highest BCUT2D eigenvalue weighted by atomic mass is 15.2. The second-order valence-electron chi connectivity index (χ2n) is 3.65. The van der Waals surface area contributed by atoms with E-state index in [2.05, 4.69) is 46.3 Å². The Morgan fingerprint density at radius 3 is 3.13 bits per heavy atom. The van der Waals surface area contributed by atoms with Gasteiger partial charge in [-0.25, -0.2) is 0 Å². The fourth-order valence-electron chi connectivity index (χ4n) is 1.85. The summed E-state index contributed by atoms with van der Waals surface area (Å²) >= 11 is 0. The fraction of sp³-hybridized carbons (Fsp3) is 0.385. The summed E-state index contributed by atoms with van der Waals surface area (Å²) in [4.78, 5) is 2.34. The summed E-state index contributed by atoms with van der Waals surface area (Å²) < 4.78 is 0. The minimum atomic E-state index is 0.829. The molecule has 0 atom stereocenters. The van der Waals surface area contributed by atoms with Crippen molar-refractivity contribution in [2.24, 2.45) is 0 Å². The van der Waals surface area contributed by atoms with Crippen LogP contribution in [0.5, 0.6) is 0 Å². The van der Waals surface area contributed by atoms with Crippen molar-refractivity contribution >= 4 is 11.4 Å². The van der Waals surface area contributed by atoms with Crippen LogP contribution in [-0.4, -0.2) is 19.6 Å². The Morgan fingerprint density at radius 1 is 1.40 bits per heavy atom. The molecule has 0 spiro atoms. The Kier molecular flexibility index (Phi) is 3.14. The molecule has 1 aliphatic heterocycles. The van der Waals surface area contributed by atoms with Crippen molar-refractivity contribution in [1.82, 2.24) is 0 Å². The first-order valence-corrected chi connectivity index (χ1v) is 5.39. The van der Waals surface area contributed by atoms with Crippen molar-refractivity contribution in [2.45, 2.75) is 13.3 Å². The van der Waals surface area contributed by atoms with Crippen LogP contribution in [0.4, 0.5) is 11.4 Å². The third-order valence-electron chi connectivity index (χ3n) is 2.61. The van der Waals surface area contributed by atoms with E-state index in [4.69, 9.17) is 0 Å². The smallest absolute Gasteiger partial charge is 0.0794 e. The highest BCUT2D eigenvalue weighted by Gasteiger charge is 2.12. The van der Waals surface area contributed by atoms with E-state index < -0.39 is 0 Å². The zero-order valence-corrected chi connectivity index (χ0v) is 9.09. The van der Waals surface area contributed by atoms with Gasteiger partial charge in [-0.05, 0) is 25.5 Å². The van der Waals surface area contributed by atoms with Gasteiger partial charge in [0, 0.05) is 13.1 Å². The lowest BCUT2D eigenvalue weighted by molar-refractivity contribution is 0.813. The third kappa shape index (κ3) is 2.24. The van der Waals surface area contributed by atoms with E-state index in [9.17, 15) is 0 Å². The number of hydrogen-bond acceptors (Lipinski definition) is 2. The number of hydrogen-bond donors (Lipinski definition) is 1. The van der Waals surface area contributed by atoms with E-state index in [0.29, 0.717) is 0 Å². The molecule has 0 unspecified atom stereocenters. The number of nitrogens with zero attached hydrogens (tertiary/aromatic N) is 1. The quantitative estimate of drug-likeness (QED) is 0.700. The number of nitrogens with one attached hydrogen (secondary N) is 1. The molecule has 0 fully saturated rings. The molecule has 0 radical (unpaired) electrons. The molecule has 0 amide bonds. The number of benzene rings is 1. The van der Waals surface area contributed by atoms with Crippen LogP contribution < -0.4 is 10.2 Å². The fourth-order valence-corrected chi connectivity index (χ4v) is 1.85. The number of anilines is 2. The molecule has 0 aromatic heterocycles. The molecule has 0 saturated carbocycles. The van der Waals surface area contributed by atoms with Gasteiger partial charge < -0.3 is 10.2 Å². The molecule has 0 bridgehead atoms. The van der Waals surface area contributed by atoms with Crippen molar-refractivity contribution in [3.63, 3.8) is 0 Å². The first-order chi connectivity index (χ1) is 7.42. The predicted molar refractivity (Wildman–Crippen MR) is 65.2 cm³/mol. The maximum atomic E-state index is 3.44. The first kappa shape index (κ1) is 9.92. The highest BCUT2D eigenvalue weighted by Crippen LogP contribution is 2.27. The highest BCUT2D eigenvalue weighted by molar-refractivity contribution is 5.71. The molecule has 2 rings (SSSR count). The summed E-state index contributed by atoms with van der Waals surface area (Å²) in [6, 6.07) is 8.44. The van der Waals surface area contributed by atoms with E-state index in [0.717, 1.165) is 19.6 Å². The lowest BCUT2D eigenvalue weighted by atomic mass is 10.2. The SMILES string of the molecule is CC#CCN1CCCNc2ccccc21. The summed E-state index contributed by atoms with van der Waals surface area (Å²) in [6.07, 6.45) is 1.17. The lowest BCUT2D eigenvalue weighted by Gasteiger charge is -2.21. The first-order valence-electron chi connectivity index (χ1n) is 5.39. The van der Waals surface area contributed by atoms with Gasteiger partial charge in [0.05, 0.1) is 17.9 Å². The maximum absolute atomic E-state index is 3.44. The molecule has 1 aromatic rings. The van der Waals surface area contributed by atoms with Crippen molar-refractivity contribution in [2.75, 3.05) is 29.9 Å². The molecule has 1 N–H and O–H groups in total. The Labute approximate surface area is 91.3 Å². The zero-order chi connectivity index (χ0) is 10.5. The van der Waals surface area contributed by atoms with Gasteiger partial charge >= 0.3 is 0 Å². The topological polar surface area (TPSA) is 15.3 Å². The molecule has 1 aliphatic rings. The standard InChI is InChI=1S/C13H16N2/c1-2-3-10-15-11-6-9-14-12-7-4-5-8-13(12)15/h4-5,7-8,14H,6,9-11H2,1H3. The van der Waals surface area contributed by atoms with Crippen LogP contribution in [0.1, 0.15) is 13.3 Å². The second-order valence-corrected chi connectivity index (χ2v) is 3.65. The van der Waals surface area contributed by atoms with Crippen LogP contribution in [0.15, 0.2) is 24.3 Å². The average Bonchev–Trinajstić information content (AvgIpc) is 2.49. The zero-order valence-electron chi connectivity index (χ0n) is 9.09. The van der Waals surface area contributed by atoms with Gasteiger partial charge in [-0.1, -0.05) is 18.1 Å². The lowest BCUT2D eigenvalue weighted by Crippen LogP contribution is -2.24. The van der Waals surface area contributed by atoms with Gasteiger partial charge in [0.15, 0.2) is 0 Å². The molecule has 78 valence electrons. The molecular formula is C13H16N2. The minimum Gasteiger partial charge on any atom is -0.383 e. The predicted octanol–water partition coefficient (Wildman–Crippen LogP) is 2.33. The molecule has 0 aliphatic carbocycles. The largest absolute Gasteiger partial charge is 0.383 e. The van der Waals surface area contributed by atoms with Gasteiger partial charge in [0.2, 0.25) is 0 Å². The van der Waals surface area contributed by atoms with Crippen molar-refractivity contribution in [1.29, 1.82) is 0 Å². The molecule has 2 nitrogen and oxygen atoms in total. The van der Waals surface area contributed by atoms with Crippen LogP contribution >= 0.6 is 0 Å². The van der Waals surface area contributed by atoms with Gasteiger partial charge in [-0.3, -0.25) is 0 Å². The van der Waals surface area contributed by atoms with E-state index in [1.165, 1.54) is 17.8 Å². The maximum Gasteiger partial charge on any atom is 0.0794 e. The van der Waals surface area contributed by atoms with Gasteiger partial charge in [0.25, 0.3) is 0 Å². The Morgan fingerprint density at radius 2 is 2.27 bits per heavy atom. The van der Waals surface area contributed by atoms with E-state index in [-0.39, 0.29) is 0 Å². The monoisotopic (exact) mass is 200 g/mol. The third-order valence-corrected chi connectivity index (χ3v) is 2.61. The molecule has 15 heavy (non-hydrogen) atoms. The molecule has 2 heteroatoms. The normalized spacial score (nSPS) is 14.3. The summed E-state index contributed by atoms with van der Waals surface area (Å²) in [6.45, 7) is 4.85. The number of fused-ring (bicyclic) bond motifs is 1. The molecule has 1 heterocycles.